The lowest BCUT2D eigenvalue weighted by Crippen LogP contribution is -2.33. The van der Waals surface area contributed by atoms with Crippen LogP contribution in [-0.2, 0) is 10.0 Å². The van der Waals surface area contributed by atoms with E-state index in [4.69, 9.17) is 9.47 Å². The molecule has 0 bridgehead atoms. The Balaban J connectivity index is 1.27. The van der Waals surface area contributed by atoms with Crippen LogP contribution in [0, 0.1) is 5.92 Å². The van der Waals surface area contributed by atoms with E-state index in [9.17, 15) is 8.42 Å². The van der Waals surface area contributed by atoms with E-state index in [1.165, 1.54) is 25.0 Å². The molecule has 0 saturated carbocycles. The van der Waals surface area contributed by atoms with Crippen molar-refractivity contribution in [2.45, 2.75) is 24.7 Å². The first kappa shape index (κ1) is 21.5. The van der Waals surface area contributed by atoms with Gasteiger partial charge in [-0.25, -0.2) is 8.42 Å². The number of benzene rings is 2. The van der Waals surface area contributed by atoms with Crippen LogP contribution in [0.4, 0.5) is 11.5 Å². The van der Waals surface area contributed by atoms with Gasteiger partial charge in [0.1, 0.15) is 13.2 Å². The molecule has 2 aliphatic heterocycles. The molecule has 1 aromatic heterocycles. The van der Waals surface area contributed by atoms with Crippen LogP contribution in [-0.4, -0.2) is 44.9 Å². The lowest BCUT2D eigenvalue weighted by molar-refractivity contribution is 0.171. The summed E-state index contributed by atoms with van der Waals surface area (Å²) in [5.74, 6) is 2.64. The molecule has 8 nitrogen and oxygen atoms in total. The lowest BCUT2D eigenvalue weighted by Gasteiger charge is -2.30. The minimum atomic E-state index is -3.77. The van der Waals surface area contributed by atoms with Gasteiger partial charge in [-0.1, -0.05) is 19.1 Å². The molecule has 5 rings (SSSR count). The third kappa shape index (κ3) is 4.73. The zero-order valence-corrected chi connectivity index (χ0v) is 19.2. The predicted octanol–water partition coefficient (Wildman–Crippen LogP) is 3.95. The first-order chi connectivity index (χ1) is 16.0. The first-order valence-corrected chi connectivity index (χ1v) is 12.6. The van der Waals surface area contributed by atoms with Crippen LogP contribution in [0.1, 0.15) is 19.8 Å². The van der Waals surface area contributed by atoms with Gasteiger partial charge in [-0.15, -0.1) is 10.2 Å². The number of nitrogens with one attached hydrogen (secondary N) is 1. The molecule has 3 aromatic rings. The number of aromatic nitrogens is 2. The Morgan fingerprint density at radius 2 is 1.64 bits per heavy atom. The van der Waals surface area contributed by atoms with Crippen LogP contribution in [0.15, 0.2) is 59.5 Å². The highest BCUT2D eigenvalue weighted by molar-refractivity contribution is 7.92. The highest BCUT2D eigenvalue weighted by atomic mass is 32.2. The second kappa shape index (κ2) is 8.90. The number of rotatable bonds is 5. The summed E-state index contributed by atoms with van der Waals surface area (Å²) in [5, 5.41) is 8.78. The monoisotopic (exact) mass is 466 g/mol. The van der Waals surface area contributed by atoms with Crippen molar-refractivity contribution in [2.75, 3.05) is 35.9 Å². The zero-order chi connectivity index (χ0) is 22.8. The molecule has 2 aliphatic rings. The molecule has 0 spiro atoms. The van der Waals surface area contributed by atoms with Crippen LogP contribution in [0.3, 0.4) is 0 Å². The zero-order valence-electron chi connectivity index (χ0n) is 18.4. The number of hydrogen-bond donors (Lipinski definition) is 1. The molecule has 1 N–H and O–H groups in total. The van der Waals surface area contributed by atoms with E-state index in [2.05, 4.69) is 26.7 Å². The summed E-state index contributed by atoms with van der Waals surface area (Å²) in [7, 11) is -3.77. The molecular weight excluding hydrogens is 440 g/mol. The third-order valence-corrected chi connectivity index (χ3v) is 7.39. The maximum absolute atomic E-state index is 12.8. The van der Waals surface area contributed by atoms with Gasteiger partial charge in [0.05, 0.1) is 10.6 Å². The molecule has 33 heavy (non-hydrogen) atoms. The van der Waals surface area contributed by atoms with Gasteiger partial charge in [-0.2, -0.15) is 0 Å². The molecule has 0 amide bonds. The molecule has 9 heteroatoms. The van der Waals surface area contributed by atoms with Crippen LogP contribution >= 0.6 is 0 Å². The van der Waals surface area contributed by atoms with E-state index >= 15 is 0 Å². The van der Waals surface area contributed by atoms with Crippen LogP contribution in [0.25, 0.3) is 11.3 Å². The van der Waals surface area contributed by atoms with Crippen LogP contribution in [0.5, 0.6) is 11.5 Å². The van der Waals surface area contributed by atoms with E-state index < -0.39 is 10.0 Å². The minimum Gasteiger partial charge on any atom is -0.486 e. The van der Waals surface area contributed by atoms with Crippen molar-refractivity contribution in [1.29, 1.82) is 0 Å². The smallest absolute Gasteiger partial charge is 0.262 e. The summed E-state index contributed by atoms with van der Waals surface area (Å²) in [4.78, 5) is 2.39. The Hall–Kier alpha value is -3.33. The number of ether oxygens (including phenoxy) is 2. The van der Waals surface area contributed by atoms with Gasteiger partial charge < -0.3 is 14.4 Å². The van der Waals surface area contributed by atoms with E-state index in [1.54, 1.807) is 18.2 Å². The summed E-state index contributed by atoms with van der Waals surface area (Å²) in [6, 6.07) is 15.6. The van der Waals surface area contributed by atoms with E-state index in [-0.39, 0.29) is 4.90 Å². The Bertz CT molecular complexity index is 1220. The van der Waals surface area contributed by atoms with E-state index in [1.807, 2.05) is 24.3 Å². The van der Waals surface area contributed by atoms with Gasteiger partial charge >= 0.3 is 0 Å². The maximum atomic E-state index is 12.8. The molecule has 172 valence electrons. The van der Waals surface area contributed by atoms with Crippen molar-refractivity contribution in [2.24, 2.45) is 5.92 Å². The van der Waals surface area contributed by atoms with Crippen molar-refractivity contribution >= 4 is 21.5 Å². The summed E-state index contributed by atoms with van der Waals surface area (Å²) in [6.45, 7) is 5.15. The fourth-order valence-electron chi connectivity index (χ4n) is 4.00. The van der Waals surface area contributed by atoms with Gasteiger partial charge in [0.2, 0.25) is 0 Å². The summed E-state index contributed by atoms with van der Waals surface area (Å²) in [6.07, 6.45) is 2.35. The molecule has 1 saturated heterocycles. The molecular formula is C24H26N4O4S. The maximum Gasteiger partial charge on any atom is 0.262 e. The number of nitrogens with zero attached hydrogens (tertiary/aromatic N) is 3. The average molecular weight is 467 g/mol. The fraction of sp³-hybridized carbons (Fsp3) is 0.333. The standard InChI is InChI=1S/C24H26N4O4S/c1-17-10-12-28(13-11-17)24-9-7-21(25-26-24)18-2-4-19(5-3-18)27-33(29,30)20-6-8-22-23(16-20)32-15-14-31-22/h2-9,16-17,27H,10-15H2,1H3. The lowest BCUT2D eigenvalue weighted by atomic mass is 9.99. The third-order valence-electron chi connectivity index (χ3n) is 6.01. The Labute approximate surface area is 193 Å². The molecule has 0 unspecified atom stereocenters. The summed E-state index contributed by atoms with van der Waals surface area (Å²) in [5.41, 5.74) is 2.06. The highest BCUT2D eigenvalue weighted by Gasteiger charge is 2.20. The van der Waals surface area contributed by atoms with Crippen LogP contribution in [0.2, 0.25) is 0 Å². The number of hydrogen-bond acceptors (Lipinski definition) is 7. The first-order valence-electron chi connectivity index (χ1n) is 11.1. The SMILES string of the molecule is CC1CCN(c2ccc(-c3ccc(NS(=O)(=O)c4ccc5c(c4)OCCO5)cc3)nn2)CC1. The molecule has 0 atom stereocenters. The molecule has 0 aliphatic carbocycles. The Kier molecular flexibility index (Phi) is 5.80. The van der Waals surface area contributed by atoms with Gasteiger partial charge in [0.25, 0.3) is 10.0 Å². The normalized spacial score (nSPS) is 16.5. The minimum absolute atomic E-state index is 0.115. The molecule has 3 heterocycles. The van der Waals surface area contributed by atoms with E-state index in [0.717, 1.165) is 36.1 Å². The Morgan fingerprint density at radius 1 is 0.909 bits per heavy atom. The predicted molar refractivity (Wildman–Crippen MR) is 126 cm³/mol. The van der Waals surface area contributed by atoms with Crippen LogP contribution < -0.4 is 19.1 Å². The largest absolute Gasteiger partial charge is 0.486 e. The van der Waals surface area contributed by atoms with Crippen molar-refractivity contribution in [3.63, 3.8) is 0 Å². The second-order valence-corrected chi connectivity index (χ2v) is 10.1. The van der Waals surface area contributed by atoms with Crippen molar-refractivity contribution < 1.29 is 17.9 Å². The number of piperidine rings is 1. The molecule has 0 radical (unpaired) electrons. The van der Waals surface area contributed by atoms with Gasteiger partial charge in [0, 0.05) is 30.4 Å². The van der Waals surface area contributed by atoms with Gasteiger partial charge in [0.15, 0.2) is 17.3 Å². The number of sulfonamides is 1. The fourth-order valence-corrected chi connectivity index (χ4v) is 5.07. The average Bonchev–Trinajstić information content (AvgIpc) is 2.85. The van der Waals surface area contributed by atoms with Crippen molar-refractivity contribution in [3.8, 4) is 22.8 Å². The number of anilines is 2. The van der Waals surface area contributed by atoms with E-state index in [0.29, 0.717) is 30.4 Å². The second-order valence-electron chi connectivity index (χ2n) is 8.43. The quantitative estimate of drug-likeness (QED) is 0.608. The number of fused-ring (bicyclic) bond motifs is 1. The van der Waals surface area contributed by atoms with Gasteiger partial charge in [-0.05, 0) is 55.2 Å². The highest BCUT2D eigenvalue weighted by Crippen LogP contribution is 2.33. The summed E-state index contributed by atoms with van der Waals surface area (Å²) < 4.78 is 39.2. The summed E-state index contributed by atoms with van der Waals surface area (Å²) >= 11 is 0. The topological polar surface area (TPSA) is 93.7 Å². The molecule has 2 aromatic carbocycles. The van der Waals surface area contributed by atoms with Crippen molar-refractivity contribution in [1.82, 2.24) is 10.2 Å². The molecule has 1 fully saturated rings. The van der Waals surface area contributed by atoms with Gasteiger partial charge in [-0.3, -0.25) is 4.72 Å². The van der Waals surface area contributed by atoms with Crippen molar-refractivity contribution in [3.05, 3.63) is 54.6 Å². The Morgan fingerprint density at radius 3 is 2.33 bits per heavy atom.